The second kappa shape index (κ2) is 8.36. The molecule has 0 saturated heterocycles. The molecule has 0 aliphatic carbocycles. The summed E-state index contributed by atoms with van der Waals surface area (Å²) in [5.74, 6) is 0. The largest absolute Gasteiger partial charge is 0.309 e. The highest BCUT2D eigenvalue weighted by Crippen LogP contribution is 2.34. The Balaban J connectivity index is 1.44. The monoisotopic (exact) mass is 481 g/mol. The van der Waals surface area contributed by atoms with Gasteiger partial charge in [0.15, 0.2) is 0 Å². The molecule has 0 amide bonds. The molecular weight excluding hydrogens is 457 g/mol. The molecule has 38 heavy (non-hydrogen) atoms. The standard InChI is InChI=1S/C36H24BN/c1-2-12-26(13-3-1)38-35-21-11-8-18-31(35)32-24-25(22-23-36(32)38)37-33-19-9-6-16-29(33)27-14-4-5-15-28(27)30-17-7-10-20-34(30)37/h1-24H. The number of benzene rings is 6. The lowest BCUT2D eigenvalue weighted by Crippen LogP contribution is -2.52. The minimum Gasteiger partial charge on any atom is -0.309 e. The van der Waals surface area contributed by atoms with Crippen molar-refractivity contribution in [2.24, 2.45) is 0 Å². The molecular formula is C36H24BN. The molecule has 0 saturated carbocycles. The molecule has 8 rings (SSSR count). The summed E-state index contributed by atoms with van der Waals surface area (Å²) in [5, 5.41) is 2.57. The van der Waals surface area contributed by atoms with Crippen LogP contribution in [0.2, 0.25) is 0 Å². The molecule has 1 nitrogen and oxygen atoms in total. The lowest BCUT2D eigenvalue weighted by atomic mass is 9.36. The third-order valence-corrected chi connectivity index (χ3v) is 8.10. The van der Waals surface area contributed by atoms with Crippen LogP contribution in [0.1, 0.15) is 0 Å². The fourth-order valence-electron chi connectivity index (χ4n) is 6.49. The van der Waals surface area contributed by atoms with Crippen LogP contribution in [0.3, 0.4) is 0 Å². The Kier molecular flexibility index (Phi) is 4.68. The molecule has 0 radical (unpaired) electrons. The van der Waals surface area contributed by atoms with Crippen LogP contribution in [0.15, 0.2) is 146 Å². The summed E-state index contributed by atoms with van der Waals surface area (Å²) in [6, 6.07) is 53.3. The summed E-state index contributed by atoms with van der Waals surface area (Å²) in [6.07, 6.45) is 0. The summed E-state index contributed by atoms with van der Waals surface area (Å²) < 4.78 is 2.39. The van der Waals surface area contributed by atoms with Crippen molar-refractivity contribution >= 4 is 44.9 Å². The van der Waals surface area contributed by atoms with Crippen molar-refractivity contribution in [3.63, 3.8) is 0 Å². The molecule has 0 N–H and O–H groups in total. The lowest BCUT2D eigenvalue weighted by Gasteiger charge is -2.18. The van der Waals surface area contributed by atoms with Crippen LogP contribution in [0.5, 0.6) is 0 Å². The maximum Gasteiger partial charge on any atom is 0.242 e. The van der Waals surface area contributed by atoms with Crippen LogP contribution in [0, 0.1) is 0 Å². The highest BCUT2D eigenvalue weighted by Gasteiger charge is 2.31. The SMILES string of the molecule is c1ccc(-n2c3ccccc3c3cc(B4c5ccccc5-c5ccccc5-c5ccccc54)ccc32)cc1. The smallest absolute Gasteiger partial charge is 0.242 e. The summed E-state index contributed by atoms with van der Waals surface area (Å²) in [4.78, 5) is 0. The number of aromatic nitrogens is 1. The molecule has 6 aromatic carbocycles. The van der Waals surface area contributed by atoms with Crippen molar-refractivity contribution in [3.8, 4) is 27.9 Å². The second-order valence-electron chi connectivity index (χ2n) is 10.1. The van der Waals surface area contributed by atoms with Gasteiger partial charge in [-0.1, -0.05) is 138 Å². The van der Waals surface area contributed by atoms with E-state index >= 15 is 0 Å². The summed E-state index contributed by atoms with van der Waals surface area (Å²) in [5.41, 5.74) is 12.9. The molecule has 1 aromatic heterocycles. The first-order valence-electron chi connectivity index (χ1n) is 13.2. The minimum atomic E-state index is 0.137. The van der Waals surface area contributed by atoms with Crippen LogP contribution < -0.4 is 16.4 Å². The Hall–Kier alpha value is -4.82. The van der Waals surface area contributed by atoms with E-state index in [4.69, 9.17) is 0 Å². The molecule has 1 aliphatic rings. The van der Waals surface area contributed by atoms with Gasteiger partial charge in [-0.3, -0.25) is 0 Å². The van der Waals surface area contributed by atoms with E-state index in [0.29, 0.717) is 0 Å². The van der Waals surface area contributed by atoms with Gasteiger partial charge in [-0.15, -0.1) is 0 Å². The van der Waals surface area contributed by atoms with E-state index in [1.54, 1.807) is 0 Å². The van der Waals surface area contributed by atoms with Crippen molar-refractivity contribution in [2.75, 3.05) is 0 Å². The van der Waals surface area contributed by atoms with Crippen molar-refractivity contribution in [3.05, 3.63) is 146 Å². The quantitative estimate of drug-likeness (QED) is 0.236. The highest BCUT2D eigenvalue weighted by atomic mass is 15.0. The first kappa shape index (κ1) is 21.3. The van der Waals surface area contributed by atoms with E-state index in [1.165, 1.54) is 66.1 Å². The van der Waals surface area contributed by atoms with Crippen LogP contribution in [0.4, 0.5) is 0 Å². The predicted octanol–water partition coefficient (Wildman–Crippen LogP) is 6.95. The van der Waals surface area contributed by atoms with E-state index < -0.39 is 0 Å². The van der Waals surface area contributed by atoms with Gasteiger partial charge < -0.3 is 4.57 Å². The molecule has 0 spiro atoms. The minimum absolute atomic E-state index is 0.137. The van der Waals surface area contributed by atoms with Crippen LogP contribution in [0.25, 0.3) is 49.7 Å². The molecule has 0 fully saturated rings. The molecule has 7 aromatic rings. The predicted molar refractivity (Wildman–Crippen MR) is 163 cm³/mol. The number of nitrogens with zero attached hydrogens (tertiary/aromatic N) is 1. The number of rotatable bonds is 2. The van der Waals surface area contributed by atoms with Crippen molar-refractivity contribution in [1.29, 1.82) is 0 Å². The van der Waals surface area contributed by atoms with Gasteiger partial charge in [-0.05, 0) is 46.5 Å². The third-order valence-electron chi connectivity index (χ3n) is 8.10. The first-order chi connectivity index (χ1) is 18.9. The highest BCUT2D eigenvalue weighted by molar-refractivity contribution is 6.97. The van der Waals surface area contributed by atoms with E-state index in [2.05, 4.69) is 150 Å². The lowest BCUT2D eigenvalue weighted by molar-refractivity contribution is 1.18. The second-order valence-corrected chi connectivity index (χ2v) is 10.1. The van der Waals surface area contributed by atoms with Crippen molar-refractivity contribution < 1.29 is 0 Å². The van der Waals surface area contributed by atoms with E-state index in [-0.39, 0.29) is 6.71 Å². The first-order valence-corrected chi connectivity index (χ1v) is 13.2. The number of para-hydroxylation sites is 2. The fraction of sp³-hybridized carbons (Fsp3) is 0. The third kappa shape index (κ3) is 3.07. The number of hydrogen-bond donors (Lipinski definition) is 0. The summed E-state index contributed by atoms with van der Waals surface area (Å²) in [6.45, 7) is 0.137. The molecule has 0 bridgehead atoms. The topological polar surface area (TPSA) is 4.93 Å². The van der Waals surface area contributed by atoms with Crippen molar-refractivity contribution in [2.45, 2.75) is 0 Å². The Bertz CT molecular complexity index is 1920. The maximum absolute atomic E-state index is 2.44. The molecule has 0 atom stereocenters. The van der Waals surface area contributed by atoms with Gasteiger partial charge >= 0.3 is 0 Å². The van der Waals surface area contributed by atoms with Gasteiger partial charge in [-0.25, -0.2) is 0 Å². The van der Waals surface area contributed by atoms with E-state index in [0.717, 1.165) is 0 Å². The Labute approximate surface area is 222 Å². The Morgan fingerprint density at radius 3 is 1.61 bits per heavy atom. The molecule has 0 unspecified atom stereocenters. The average Bonchev–Trinajstić information content (AvgIpc) is 3.26. The summed E-state index contributed by atoms with van der Waals surface area (Å²) in [7, 11) is 0. The van der Waals surface area contributed by atoms with Crippen molar-refractivity contribution in [1.82, 2.24) is 4.57 Å². The number of fused-ring (bicyclic) bond motifs is 8. The van der Waals surface area contributed by atoms with Crippen LogP contribution in [-0.2, 0) is 0 Å². The number of hydrogen-bond acceptors (Lipinski definition) is 0. The molecule has 2 heteroatoms. The zero-order valence-corrected chi connectivity index (χ0v) is 20.9. The van der Waals surface area contributed by atoms with Crippen LogP contribution >= 0.6 is 0 Å². The Morgan fingerprint density at radius 2 is 0.921 bits per heavy atom. The zero-order valence-electron chi connectivity index (χ0n) is 20.9. The van der Waals surface area contributed by atoms with Gasteiger partial charge in [0.2, 0.25) is 6.71 Å². The van der Waals surface area contributed by atoms with E-state index in [9.17, 15) is 0 Å². The summed E-state index contributed by atoms with van der Waals surface area (Å²) >= 11 is 0. The molecule has 1 aliphatic heterocycles. The normalized spacial score (nSPS) is 12.2. The maximum atomic E-state index is 2.44. The van der Waals surface area contributed by atoms with Gasteiger partial charge in [0.05, 0.1) is 11.0 Å². The average molecular weight is 481 g/mol. The van der Waals surface area contributed by atoms with Gasteiger partial charge in [0.25, 0.3) is 0 Å². The van der Waals surface area contributed by atoms with Gasteiger partial charge in [-0.2, -0.15) is 0 Å². The van der Waals surface area contributed by atoms with E-state index in [1.807, 2.05) is 0 Å². The molecule has 2 heterocycles. The van der Waals surface area contributed by atoms with Gasteiger partial charge in [0.1, 0.15) is 0 Å². The zero-order chi connectivity index (χ0) is 25.1. The van der Waals surface area contributed by atoms with Gasteiger partial charge in [0, 0.05) is 16.5 Å². The van der Waals surface area contributed by atoms with Crippen LogP contribution in [-0.4, -0.2) is 11.3 Å². The fourth-order valence-corrected chi connectivity index (χ4v) is 6.49. The molecule has 176 valence electrons. The Morgan fingerprint density at radius 1 is 0.395 bits per heavy atom.